The summed E-state index contributed by atoms with van der Waals surface area (Å²) in [5.41, 5.74) is 0.977. The maximum atomic E-state index is 13.2. The molecular weight excluding hydrogens is 452 g/mol. The van der Waals surface area contributed by atoms with Crippen molar-refractivity contribution in [3.63, 3.8) is 0 Å². The van der Waals surface area contributed by atoms with Gasteiger partial charge < -0.3 is 14.8 Å². The molecule has 2 aliphatic heterocycles. The molecule has 1 saturated heterocycles. The van der Waals surface area contributed by atoms with E-state index in [9.17, 15) is 24.3 Å². The number of rotatable bonds is 4. The Hall–Kier alpha value is -2.59. The second-order valence-electron chi connectivity index (χ2n) is 8.86. The zero-order valence-corrected chi connectivity index (χ0v) is 18.7. The minimum Gasteiger partial charge on any atom is -0.496 e. The number of benzene rings is 1. The number of aromatic amines is 1. The molecule has 3 fully saturated rings. The number of ether oxygens (including phenoxy) is 1. The smallest absolute Gasteiger partial charge is 0.323 e. The van der Waals surface area contributed by atoms with Gasteiger partial charge in [-0.15, -0.1) is 11.8 Å². The first-order valence-corrected chi connectivity index (χ1v) is 12.2. The molecule has 3 heterocycles. The van der Waals surface area contributed by atoms with Crippen molar-refractivity contribution in [3.8, 4) is 5.75 Å². The van der Waals surface area contributed by atoms with Crippen molar-refractivity contribution in [1.82, 2.24) is 9.88 Å². The fraction of sp³-hybridized carbons (Fsp3) is 0.455. The van der Waals surface area contributed by atoms with Crippen LogP contribution in [0.1, 0.15) is 22.8 Å². The predicted octanol–water partition coefficient (Wildman–Crippen LogP) is 2.00. The standard InChI is InChI=1S/C22H20N2O6S2/c1-30-11-5-3-2-4-8(11)13-14-9-6-10(17(14)31-19-18(13)32-22(29)23-19)16-15(9)20(27)24(21(16)28)7-12(25)26/h2-5,9-10,13-17H,6-7H2,1H3,(H,23,29)(H,25,26)/t9-,10-,13+,14-,15+,16+,17-/m1/s1. The lowest BCUT2D eigenvalue weighted by molar-refractivity contribution is -0.149. The van der Waals surface area contributed by atoms with Crippen molar-refractivity contribution in [2.75, 3.05) is 13.7 Å². The van der Waals surface area contributed by atoms with E-state index in [0.29, 0.717) is 0 Å². The highest BCUT2D eigenvalue weighted by molar-refractivity contribution is 8.00. The first-order valence-electron chi connectivity index (χ1n) is 10.5. The number of carboxylic acids is 1. The van der Waals surface area contributed by atoms with E-state index in [1.807, 2.05) is 24.3 Å². The van der Waals surface area contributed by atoms with Crippen LogP contribution in [0.5, 0.6) is 5.75 Å². The predicted molar refractivity (Wildman–Crippen MR) is 116 cm³/mol. The van der Waals surface area contributed by atoms with Crippen LogP contribution in [0.25, 0.3) is 0 Å². The van der Waals surface area contributed by atoms with Crippen LogP contribution in [0.4, 0.5) is 0 Å². The highest BCUT2D eigenvalue weighted by Gasteiger charge is 2.69. The average Bonchev–Trinajstić information content (AvgIpc) is 3.49. The molecule has 1 aromatic heterocycles. The Morgan fingerprint density at radius 2 is 1.91 bits per heavy atom. The number of hydrogen-bond acceptors (Lipinski definition) is 7. The van der Waals surface area contributed by atoms with Gasteiger partial charge in [-0.25, -0.2) is 0 Å². The minimum absolute atomic E-state index is 0.0241. The molecule has 0 spiro atoms. The van der Waals surface area contributed by atoms with Crippen molar-refractivity contribution >= 4 is 40.9 Å². The van der Waals surface area contributed by atoms with Gasteiger partial charge in [-0.1, -0.05) is 29.5 Å². The normalized spacial score (nSPS) is 34.4. The molecule has 0 radical (unpaired) electrons. The molecule has 2 aromatic rings. The first-order chi connectivity index (χ1) is 15.4. The zero-order valence-electron chi connectivity index (χ0n) is 17.0. The number of amides is 2. The van der Waals surface area contributed by atoms with Gasteiger partial charge in [-0.2, -0.15) is 0 Å². The van der Waals surface area contributed by atoms with Gasteiger partial charge in [0.25, 0.3) is 0 Å². The van der Waals surface area contributed by atoms with Crippen molar-refractivity contribution in [1.29, 1.82) is 0 Å². The lowest BCUT2D eigenvalue weighted by atomic mass is 9.68. The number of carbonyl (C=O) groups excluding carboxylic acids is 2. The third kappa shape index (κ3) is 2.56. The molecule has 32 heavy (non-hydrogen) atoms. The van der Waals surface area contributed by atoms with Crippen LogP contribution in [0.2, 0.25) is 0 Å². The summed E-state index contributed by atoms with van der Waals surface area (Å²) in [6.45, 7) is -0.580. The Balaban J connectivity index is 1.47. The summed E-state index contributed by atoms with van der Waals surface area (Å²) < 4.78 is 5.65. The first kappa shape index (κ1) is 20.0. The molecule has 2 aliphatic carbocycles. The molecule has 2 bridgehead atoms. The fourth-order valence-corrected chi connectivity index (χ4v) is 9.52. The van der Waals surface area contributed by atoms with Gasteiger partial charge in [0.1, 0.15) is 12.3 Å². The summed E-state index contributed by atoms with van der Waals surface area (Å²) in [6, 6.07) is 7.75. The van der Waals surface area contributed by atoms with Crippen LogP contribution in [0.15, 0.2) is 34.1 Å². The number of aromatic nitrogens is 1. The fourth-order valence-electron chi connectivity index (χ4n) is 6.64. The van der Waals surface area contributed by atoms with Crippen molar-refractivity contribution in [2.45, 2.75) is 22.6 Å². The van der Waals surface area contributed by atoms with Crippen LogP contribution in [-0.2, 0) is 14.4 Å². The number of thioether (sulfide) groups is 1. The molecule has 7 atom stereocenters. The number of hydrogen-bond donors (Lipinski definition) is 2. The third-order valence-electron chi connectivity index (χ3n) is 7.58. The Labute approximate surface area is 191 Å². The van der Waals surface area contributed by atoms with E-state index in [1.165, 1.54) is 11.3 Å². The number of carboxylic acid groups (broad SMARTS) is 1. The van der Waals surface area contributed by atoms with Crippen LogP contribution in [-0.4, -0.2) is 51.7 Å². The van der Waals surface area contributed by atoms with Gasteiger partial charge in [0, 0.05) is 21.6 Å². The number of carbonyl (C=O) groups is 3. The number of fused-ring (bicyclic) bond motifs is 9. The Morgan fingerprint density at radius 1 is 1.19 bits per heavy atom. The van der Waals surface area contributed by atoms with E-state index in [2.05, 4.69) is 4.98 Å². The van der Waals surface area contributed by atoms with Crippen molar-refractivity contribution in [3.05, 3.63) is 44.4 Å². The van der Waals surface area contributed by atoms with E-state index in [4.69, 9.17) is 4.74 Å². The summed E-state index contributed by atoms with van der Waals surface area (Å²) in [4.78, 5) is 54.5. The second kappa shape index (κ2) is 6.95. The van der Waals surface area contributed by atoms with E-state index in [0.717, 1.165) is 32.5 Å². The highest BCUT2D eigenvalue weighted by atomic mass is 32.2. The lowest BCUT2D eigenvalue weighted by Gasteiger charge is -2.43. The van der Waals surface area contributed by atoms with Crippen LogP contribution >= 0.6 is 23.1 Å². The number of nitrogens with one attached hydrogen (secondary N) is 1. The van der Waals surface area contributed by atoms with E-state index in [-0.39, 0.29) is 45.6 Å². The molecule has 0 unspecified atom stereocenters. The van der Waals surface area contributed by atoms with Crippen LogP contribution < -0.4 is 9.61 Å². The Morgan fingerprint density at radius 3 is 2.62 bits per heavy atom. The van der Waals surface area contributed by atoms with E-state index >= 15 is 0 Å². The van der Waals surface area contributed by atoms with E-state index < -0.39 is 24.3 Å². The number of thiazole rings is 1. The van der Waals surface area contributed by atoms with Crippen molar-refractivity contribution < 1.29 is 24.2 Å². The topological polar surface area (TPSA) is 117 Å². The maximum absolute atomic E-state index is 13.2. The molecule has 10 heteroatoms. The third-order valence-corrected chi connectivity index (χ3v) is 10.2. The van der Waals surface area contributed by atoms with Gasteiger partial charge >= 0.3 is 10.8 Å². The maximum Gasteiger partial charge on any atom is 0.323 e. The van der Waals surface area contributed by atoms with Gasteiger partial charge in [-0.3, -0.25) is 24.1 Å². The lowest BCUT2D eigenvalue weighted by Crippen LogP contribution is -2.42. The van der Waals surface area contributed by atoms with Gasteiger partial charge in [-0.05, 0) is 30.2 Å². The molecule has 2 amide bonds. The number of methoxy groups -OCH3 is 1. The number of nitrogens with zero attached hydrogens (tertiary/aromatic N) is 1. The van der Waals surface area contributed by atoms with Gasteiger partial charge in [0.05, 0.1) is 24.0 Å². The number of H-pyrrole nitrogens is 1. The Kier molecular flexibility index (Phi) is 4.36. The summed E-state index contributed by atoms with van der Waals surface area (Å²) in [7, 11) is 1.62. The zero-order chi connectivity index (χ0) is 22.3. The molecular formula is C22H20N2O6S2. The molecule has 8 nitrogen and oxygen atoms in total. The number of para-hydroxylation sites is 1. The number of aliphatic carboxylic acids is 1. The summed E-state index contributed by atoms with van der Waals surface area (Å²) in [5.74, 6) is -2.24. The molecule has 2 saturated carbocycles. The van der Waals surface area contributed by atoms with Crippen molar-refractivity contribution in [2.24, 2.45) is 29.6 Å². The largest absolute Gasteiger partial charge is 0.496 e. The molecule has 4 aliphatic rings. The van der Waals surface area contributed by atoms with Crippen LogP contribution in [0.3, 0.4) is 0 Å². The SMILES string of the molecule is COc1ccccc1[C@@H]1c2sc(=O)[nH]c2S[C@@H]2[C@@H]3C[C@@H]([C@@H]4C(=O)N(CC(=O)O)C(=O)[C@@H]34)[C@H]12. The minimum atomic E-state index is -1.18. The van der Waals surface area contributed by atoms with Crippen LogP contribution in [0, 0.1) is 29.6 Å². The van der Waals surface area contributed by atoms with Gasteiger partial charge in [0.15, 0.2) is 0 Å². The molecule has 2 N–H and O–H groups in total. The molecule has 6 rings (SSSR count). The highest BCUT2D eigenvalue weighted by Crippen LogP contribution is 2.68. The molecule has 166 valence electrons. The summed E-state index contributed by atoms with van der Waals surface area (Å²) >= 11 is 2.80. The quantitative estimate of drug-likeness (QED) is 0.654. The summed E-state index contributed by atoms with van der Waals surface area (Å²) in [5, 5.41) is 10.1. The monoisotopic (exact) mass is 472 g/mol. The summed E-state index contributed by atoms with van der Waals surface area (Å²) in [6.07, 6.45) is 0.765. The average molecular weight is 473 g/mol. The number of likely N-dealkylation sites (tertiary alicyclic amines) is 1. The number of imide groups is 1. The molecule has 1 aromatic carbocycles. The van der Waals surface area contributed by atoms with E-state index in [1.54, 1.807) is 18.9 Å². The second-order valence-corrected chi connectivity index (χ2v) is 11.1. The van der Waals surface area contributed by atoms with Gasteiger partial charge in [0.2, 0.25) is 11.8 Å². The Bertz CT molecular complexity index is 1220.